The van der Waals surface area contributed by atoms with Crippen molar-refractivity contribution >= 4 is 0 Å². The van der Waals surface area contributed by atoms with E-state index in [1.165, 1.54) is 5.56 Å². The fourth-order valence-electron chi connectivity index (χ4n) is 1.86. The summed E-state index contributed by atoms with van der Waals surface area (Å²) in [6.07, 6.45) is 3.75. The van der Waals surface area contributed by atoms with Crippen molar-refractivity contribution < 1.29 is 4.74 Å². The van der Waals surface area contributed by atoms with E-state index in [-0.39, 0.29) is 6.04 Å². The minimum atomic E-state index is -0.0335. The minimum absolute atomic E-state index is 0.0335. The summed E-state index contributed by atoms with van der Waals surface area (Å²) in [6, 6.07) is 6.05. The topological polar surface area (TPSA) is 53.1 Å². The molecular weight excluding hydrogens is 226 g/mol. The van der Waals surface area contributed by atoms with E-state index < -0.39 is 0 Å². The van der Waals surface area contributed by atoms with Gasteiger partial charge in [-0.05, 0) is 19.9 Å². The zero-order valence-corrected chi connectivity index (χ0v) is 11.1. The highest BCUT2D eigenvalue weighted by molar-refractivity contribution is 5.38. The van der Waals surface area contributed by atoms with Gasteiger partial charge in [0.25, 0.3) is 0 Å². The lowest BCUT2D eigenvalue weighted by Gasteiger charge is -2.14. The van der Waals surface area contributed by atoms with E-state index in [1.807, 2.05) is 32.3 Å². The highest BCUT2D eigenvalue weighted by Crippen LogP contribution is 2.25. The number of rotatable bonds is 4. The summed E-state index contributed by atoms with van der Waals surface area (Å²) >= 11 is 0. The first-order valence-electron chi connectivity index (χ1n) is 6.02. The molecule has 2 N–H and O–H groups in total. The minimum Gasteiger partial charge on any atom is -0.488 e. The summed E-state index contributed by atoms with van der Waals surface area (Å²) < 4.78 is 7.58. The van der Waals surface area contributed by atoms with Crippen LogP contribution < -0.4 is 10.5 Å². The lowest BCUT2D eigenvalue weighted by molar-refractivity contribution is 0.301. The summed E-state index contributed by atoms with van der Waals surface area (Å²) in [6.45, 7) is 4.53. The summed E-state index contributed by atoms with van der Waals surface area (Å²) in [7, 11) is 1.89. The van der Waals surface area contributed by atoms with Crippen molar-refractivity contribution in [2.24, 2.45) is 12.8 Å². The Morgan fingerprint density at radius 3 is 2.83 bits per heavy atom. The predicted octanol–water partition coefficient (Wildman–Crippen LogP) is 2.33. The van der Waals surface area contributed by atoms with Crippen LogP contribution in [-0.2, 0) is 13.7 Å². The fraction of sp³-hybridized carbons (Fsp3) is 0.357. The molecule has 0 bridgehead atoms. The SMILES string of the molecule is Cc1ccc(OCc2cnn(C)c2)c([C@H](C)N)c1. The zero-order valence-electron chi connectivity index (χ0n) is 11.1. The van der Waals surface area contributed by atoms with E-state index in [4.69, 9.17) is 10.5 Å². The van der Waals surface area contributed by atoms with Crippen LogP contribution in [0.5, 0.6) is 5.75 Å². The van der Waals surface area contributed by atoms with E-state index in [0.29, 0.717) is 6.61 Å². The van der Waals surface area contributed by atoms with Gasteiger partial charge in [-0.25, -0.2) is 0 Å². The third-order valence-electron chi connectivity index (χ3n) is 2.81. The first kappa shape index (κ1) is 12.6. The van der Waals surface area contributed by atoms with Gasteiger partial charge in [-0.2, -0.15) is 5.10 Å². The number of nitrogens with two attached hydrogens (primary N) is 1. The second kappa shape index (κ2) is 5.23. The molecular formula is C14H19N3O. The third-order valence-corrected chi connectivity index (χ3v) is 2.81. The molecule has 0 saturated carbocycles. The van der Waals surface area contributed by atoms with Crippen LogP contribution in [0.2, 0.25) is 0 Å². The molecule has 0 amide bonds. The number of aryl methyl sites for hydroxylation is 2. The molecule has 0 aliphatic carbocycles. The summed E-state index contributed by atoms with van der Waals surface area (Å²) in [5.41, 5.74) is 9.24. The second-order valence-corrected chi connectivity index (χ2v) is 4.64. The zero-order chi connectivity index (χ0) is 13.1. The van der Waals surface area contributed by atoms with E-state index in [9.17, 15) is 0 Å². The van der Waals surface area contributed by atoms with Gasteiger partial charge in [-0.3, -0.25) is 4.68 Å². The van der Waals surface area contributed by atoms with Gasteiger partial charge < -0.3 is 10.5 Å². The maximum atomic E-state index is 5.96. The van der Waals surface area contributed by atoms with Crippen molar-refractivity contribution in [2.75, 3.05) is 0 Å². The van der Waals surface area contributed by atoms with Crippen LogP contribution in [0.25, 0.3) is 0 Å². The summed E-state index contributed by atoms with van der Waals surface area (Å²) in [5, 5.41) is 4.11. The molecule has 4 nitrogen and oxygen atoms in total. The summed E-state index contributed by atoms with van der Waals surface area (Å²) in [5.74, 6) is 0.847. The third kappa shape index (κ3) is 2.90. The molecule has 0 fully saturated rings. The van der Waals surface area contributed by atoms with Crippen molar-refractivity contribution in [3.8, 4) is 5.75 Å². The molecule has 4 heteroatoms. The fourth-order valence-corrected chi connectivity index (χ4v) is 1.86. The Labute approximate surface area is 107 Å². The second-order valence-electron chi connectivity index (χ2n) is 4.64. The first-order chi connectivity index (χ1) is 8.56. The Morgan fingerprint density at radius 1 is 1.44 bits per heavy atom. The lowest BCUT2D eigenvalue weighted by Crippen LogP contribution is -2.08. The van der Waals surface area contributed by atoms with Crippen molar-refractivity contribution in [3.63, 3.8) is 0 Å². The Hall–Kier alpha value is -1.81. The van der Waals surface area contributed by atoms with Crippen LogP contribution in [0, 0.1) is 6.92 Å². The van der Waals surface area contributed by atoms with Crippen LogP contribution in [-0.4, -0.2) is 9.78 Å². The van der Waals surface area contributed by atoms with Gasteiger partial charge in [-0.1, -0.05) is 17.7 Å². The first-order valence-corrected chi connectivity index (χ1v) is 6.02. The Morgan fingerprint density at radius 2 is 2.22 bits per heavy atom. The van der Waals surface area contributed by atoms with Gasteiger partial charge in [0, 0.05) is 30.4 Å². The number of ether oxygens (including phenoxy) is 1. The van der Waals surface area contributed by atoms with Crippen LogP contribution in [0.4, 0.5) is 0 Å². The number of benzene rings is 1. The average Bonchev–Trinajstić information content (AvgIpc) is 2.73. The largest absolute Gasteiger partial charge is 0.488 e. The number of hydrogen-bond acceptors (Lipinski definition) is 3. The van der Waals surface area contributed by atoms with Gasteiger partial charge >= 0.3 is 0 Å². The molecule has 2 rings (SSSR count). The number of hydrogen-bond donors (Lipinski definition) is 1. The van der Waals surface area contributed by atoms with Gasteiger partial charge in [0.05, 0.1) is 6.20 Å². The predicted molar refractivity (Wildman–Crippen MR) is 71.3 cm³/mol. The van der Waals surface area contributed by atoms with Crippen LogP contribution in [0.3, 0.4) is 0 Å². The van der Waals surface area contributed by atoms with E-state index in [0.717, 1.165) is 16.9 Å². The van der Waals surface area contributed by atoms with Crippen molar-refractivity contribution in [1.82, 2.24) is 9.78 Å². The van der Waals surface area contributed by atoms with Crippen LogP contribution in [0.1, 0.15) is 29.7 Å². The number of nitrogens with zero attached hydrogens (tertiary/aromatic N) is 2. The molecule has 0 aliphatic rings. The normalized spacial score (nSPS) is 12.4. The van der Waals surface area contributed by atoms with Gasteiger partial charge in [0.15, 0.2) is 0 Å². The molecule has 1 aromatic carbocycles. The van der Waals surface area contributed by atoms with Crippen molar-refractivity contribution in [2.45, 2.75) is 26.5 Å². The van der Waals surface area contributed by atoms with E-state index in [2.05, 4.69) is 18.1 Å². The molecule has 0 saturated heterocycles. The number of aromatic nitrogens is 2. The molecule has 1 heterocycles. The maximum absolute atomic E-state index is 5.96. The lowest BCUT2D eigenvalue weighted by atomic mass is 10.1. The summed E-state index contributed by atoms with van der Waals surface area (Å²) in [4.78, 5) is 0. The quantitative estimate of drug-likeness (QED) is 0.899. The molecule has 96 valence electrons. The Bertz CT molecular complexity index is 532. The van der Waals surface area contributed by atoms with E-state index in [1.54, 1.807) is 10.9 Å². The highest BCUT2D eigenvalue weighted by atomic mass is 16.5. The van der Waals surface area contributed by atoms with Gasteiger partial charge in [0.1, 0.15) is 12.4 Å². The van der Waals surface area contributed by atoms with Crippen molar-refractivity contribution in [3.05, 3.63) is 47.3 Å². The van der Waals surface area contributed by atoms with Gasteiger partial charge in [0.2, 0.25) is 0 Å². The monoisotopic (exact) mass is 245 g/mol. The van der Waals surface area contributed by atoms with Crippen molar-refractivity contribution in [1.29, 1.82) is 0 Å². The molecule has 0 unspecified atom stereocenters. The molecule has 1 aromatic heterocycles. The molecule has 0 radical (unpaired) electrons. The molecule has 0 spiro atoms. The van der Waals surface area contributed by atoms with Gasteiger partial charge in [-0.15, -0.1) is 0 Å². The molecule has 1 atom stereocenters. The van der Waals surface area contributed by atoms with Crippen LogP contribution in [0.15, 0.2) is 30.6 Å². The Balaban J connectivity index is 2.13. The maximum Gasteiger partial charge on any atom is 0.124 e. The van der Waals surface area contributed by atoms with E-state index >= 15 is 0 Å². The molecule has 18 heavy (non-hydrogen) atoms. The Kier molecular flexibility index (Phi) is 3.67. The molecule has 2 aromatic rings. The average molecular weight is 245 g/mol. The molecule has 0 aliphatic heterocycles. The smallest absolute Gasteiger partial charge is 0.124 e. The van der Waals surface area contributed by atoms with Crippen LogP contribution >= 0.6 is 0 Å². The standard InChI is InChI=1S/C14H19N3O/c1-10-4-5-14(13(6-10)11(2)15)18-9-12-7-16-17(3)8-12/h4-8,11H,9,15H2,1-3H3/t11-/m0/s1. The highest BCUT2D eigenvalue weighted by Gasteiger charge is 2.09.